The Bertz CT molecular complexity index is 383. The fourth-order valence-electron chi connectivity index (χ4n) is 2.31. The van der Waals surface area contributed by atoms with Crippen LogP contribution in [0.5, 0.6) is 0 Å². The number of amides is 1. The number of hydrogen-bond donors (Lipinski definition) is 2. The molecule has 112 valence electrons. The summed E-state index contributed by atoms with van der Waals surface area (Å²) in [5.41, 5.74) is 0. The van der Waals surface area contributed by atoms with Crippen molar-refractivity contribution in [2.75, 3.05) is 33.1 Å². The van der Waals surface area contributed by atoms with E-state index >= 15 is 0 Å². The molecule has 0 aliphatic heterocycles. The third-order valence-corrected chi connectivity index (χ3v) is 5.05. The van der Waals surface area contributed by atoms with Crippen LogP contribution in [0.1, 0.15) is 25.7 Å². The molecule has 0 aromatic heterocycles. The van der Waals surface area contributed by atoms with Gasteiger partial charge in [-0.1, -0.05) is 6.42 Å². The Morgan fingerprint density at radius 1 is 1.37 bits per heavy atom. The van der Waals surface area contributed by atoms with E-state index in [2.05, 4.69) is 10.6 Å². The molecule has 1 amide bonds. The molecule has 1 aliphatic rings. The van der Waals surface area contributed by atoms with Crippen molar-refractivity contribution in [2.24, 2.45) is 0 Å². The van der Waals surface area contributed by atoms with Crippen LogP contribution in [-0.4, -0.2) is 58.7 Å². The van der Waals surface area contributed by atoms with E-state index < -0.39 is 9.84 Å². The minimum absolute atomic E-state index is 0.0847. The van der Waals surface area contributed by atoms with Gasteiger partial charge in [-0.05, 0) is 19.3 Å². The molecule has 0 saturated heterocycles. The monoisotopic (exact) mass is 292 g/mol. The molecule has 2 unspecified atom stereocenters. The highest BCUT2D eigenvalue weighted by atomic mass is 32.2. The SMILES string of the molecule is COCCNC(=O)CNC1CCCC(S(C)(=O)=O)C1. The van der Waals surface area contributed by atoms with Crippen molar-refractivity contribution in [1.82, 2.24) is 10.6 Å². The van der Waals surface area contributed by atoms with E-state index in [4.69, 9.17) is 4.74 Å². The molecular formula is C12H24N2O4S. The van der Waals surface area contributed by atoms with Gasteiger partial charge in [0, 0.05) is 26.0 Å². The molecule has 7 heteroatoms. The number of hydrogen-bond acceptors (Lipinski definition) is 5. The summed E-state index contributed by atoms with van der Waals surface area (Å²) in [7, 11) is -1.39. The Morgan fingerprint density at radius 2 is 2.11 bits per heavy atom. The smallest absolute Gasteiger partial charge is 0.234 e. The van der Waals surface area contributed by atoms with Gasteiger partial charge in [0.05, 0.1) is 18.4 Å². The molecule has 19 heavy (non-hydrogen) atoms. The van der Waals surface area contributed by atoms with Crippen molar-refractivity contribution < 1.29 is 17.9 Å². The van der Waals surface area contributed by atoms with E-state index in [0.29, 0.717) is 19.6 Å². The van der Waals surface area contributed by atoms with Crippen LogP contribution in [0.4, 0.5) is 0 Å². The molecule has 1 saturated carbocycles. The van der Waals surface area contributed by atoms with Crippen LogP contribution >= 0.6 is 0 Å². The van der Waals surface area contributed by atoms with Gasteiger partial charge in [0.15, 0.2) is 0 Å². The van der Waals surface area contributed by atoms with Crippen LogP contribution in [0.2, 0.25) is 0 Å². The van der Waals surface area contributed by atoms with Gasteiger partial charge in [-0.3, -0.25) is 4.79 Å². The maximum Gasteiger partial charge on any atom is 0.234 e. The third-order valence-electron chi connectivity index (χ3n) is 3.41. The first kappa shape index (κ1) is 16.4. The highest BCUT2D eigenvalue weighted by Crippen LogP contribution is 2.23. The number of ether oxygens (including phenoxy) is 1. The topological polar surface area (TPSA) is 84.5 Å². The minimum atomic E-state index is -2.97. The lowest BCUT2D eigenvalue weighted by Crippen LogP contribution is -2.43. The van der Waals surface area contributed by atoms with Gasteiger partial charge in [-0.2, -0.15) is 0 Å². The molecule has 0 aromatic carbocycles. The summed E-state index contributed by atoms with van der Waals surface area (Å²) in [6.07, 6.45) is 4.44. The molecule has 0 spiro atoms. The fourth-order valence-corrected chi connectivity index (χ4v) is 3.49. The molecule has 1 rings (SSSR count). The summed E-state index contributed by atoms with van der Waals surface area (Å²) in [6, 6.07) is 0.113. The zero-order chi connectivity index (χ0) is 14.3. The van der Waals surface area contributed by atoms with Crippen LogP contribution in [0.25, 0.3) is 0 Å². The van der Waals surface area contributed by atoms with Crippen molar-refractivity contribution >= 4 is 15.7 Å². The number of methoxy groups -OCH3 is 1. The molecule has 0 radical (unpaired) electrons. The number of carbonyl (C=O) groups is 1. The molecule has 0 bridgehead atoms. The van der Waals surface area contributed by atoms with Gasteiger partial charge in [0.2, 0.25) is 5.91 Å². The molecule has 1 aliphatic carbocycles. The van der Waals surface area contributed by atoms with Crippen molar-refractivity contribution in [2.45, 2.75) is 37.0 Å². The van der Waals surface area contributed by atoms with Crippen molar-refractivity contribution in [3.8, 4) is 0 Å². The Labute approximate surface area is 115 Å². The van der Waals surface area contributed by atoms with Gasteiger partial charge in [-0.25, -0.2) is 8.42 Å². The van der Waals surface area contributed by atoms with Gasteiger partial charge in [0.25, 0.3) is 0 Å². The molecule has 1 fully saturated rings. The number of carbonyl (C=O) groups excluding carboxylic acids is 1. The van der Waals surface area contributed by atoms with Crippen molar-refractivity contribution in [3.63, 3.8) is 0 Å². The standard InChI is InChI=1S/C12H24N2O4S/c1-18-7-6-13-12(15)9-14-10-4-3-5-11(8-10)19(2,16)17/h10-11,14H,3-9H2,1-2H3,(H,13,15). The predicted octanol–water partition coefficient (Wildman–Crippen LogP) is -0.306. The van der Waals surface area contributed by atoms with E-state index in [0.717, 1.165) is 19.3 Å². The first-order chi connectivity index (χ1) is 8.93. The van der Waals surface area contributed by atoms with E-state index in [1.165, 1.54) is 6.26 Å². The fraction of sp³-hybridized carbons (Fsp3) is 0.917. The normalized spacial score (nSPS) is 24.1. The highest BCUT2D eigenvalue weighted by Gasteiger charge is 2.28. The predicted molar refractivity (Wildman–Crippen MR) is 73.8 cm³/mol. The van der Waals surface area contributed by atoms with Gasteiger partial charge >= 0.3 is 0 Å². The number of rotatable bonds is 7. The zero-order valence-electron chi connectivity index (χ0n) is 11.6. The first-order valence-electron chi connectivity index (χ1n) is 6.61. The summed E-state index contributed by atoms with van der Waals surface area (Å²) < 4.78 is 27.9. The molecule has 6 nitrogen and oxygen atoms in total. The average molecular weight is 292 g/mol. The quantitative estimate of drug-likeness (QED) is 0.629. The maximum absolute atomic E-state index is 11.5. The second kappa shape index (κ2) is 7.81. The Morgan fingerprint density at radius 3 is 2.74 bits per heavy atom. The van der Waals surface area contributed by atoms with Crippen LogP contribution in [0.15, 0.2) is 0 Å². The van der Waals surface area contributed by atoms with E-state index in [1.807, 2.05) is 0 Å². The summed E-state index contributed by atoms with van der Waals surface area (Å²) in [6.45, 7) is 1.21. The summed E-state index contributed by atoms with van der Waals surface area (Å²) >= 11 is 0. The third kappa shape index (κ3) is 6.35. The van der Waals surface area contributed by atoms with Crippen molar-refractivity contribution in [3.05, 3.63) is 0 Å². The molecular weight excluding hydrogens is 268 g/mol. The lowest BCUT2D eigenvalue weighted by Gasteiger charge is -2.28. The van der Waals surface area contributed by atoms with E-state index in [9.17, 15) is 13.2 Å². The van der Waals surface area contributed by atoms with Crippen LogP contribution in [-0.2, 0) is 19.4 Å². The molecule has 2 N–H and O–H groups in total. The van der Waals surface area contributed by atoms with Gasteiger partial charge < -0.3 is 15.4 Å². The average Bonchev–Trinajstić information content (AvgIpc) is 2.36. The summed E-state index contributed by atoms with van der Waals surface area (Å²) in [4.78, 5) is 11.5. The lowest BCUT2D eigenvalue weighted by molar-refractivity contribution is -0.120. The minimum Gasteiger partial charge on any atom is -0.383 e. The second-order valence-corrected chi connectivity index (χ2v) is 7.36. The summed E-state index contributed by atoms with van der Waals surface area (Å²) in [5, 5.41) is 5.58. The Hall–Kier alpha value is -0.660. The zero-order valence-corrected chi connectivity index (χ0v) is 12.5. The number of nitrogens with one attached hydrogen (secondary N) is 2. The highest BCUT2D eigenvalue weighted by molar-refractivity contribution is 7.91. The van der Waals surface area contributed by atoms with Crippen LogP contribution in [0, 0.1) is 0 Å². The van der Waals surface area contributed by atoms with E-state index in [-0.39, 0.29) is 23.7 Å². The second-order valence-electron chi connectivity index (χ2n) is 5.04. The van der Waals surface area contributed by atoms with Gasteiger partial charge in [0.1, 0.15) is 9.84 Å². The number of sulfone groups is 1. The largest absolute Gasteiger partial charge is 0.383 e. The lowest BCUT2D eigenvalue weighted by atomic mass is 9.95. The van der Waals surface area contributed by atoms with E-state index in [1.54, 1.807) is 7.11 Å². The molecule has 0 heterocycles. The first-order valence-corrected chi connectivity index (χ1v) is 8.57. The maximum atomic E-state index is 11.5. The summed E-state index contributed by atoms with van der Waals surface area (Å²) in [5.74, 6) is -0.0847. The van der Waals surface area contributed by atoms with Crippen LogP contribution < -0.4 is 10.6 Å². The Kier molecular flexibility index (Phi) is 6.74. The Balaban J connectivity index is 2.27. The molecule has 2 atom stereocenters. The van der Waals surface area contributed by atoms with Crippen LogP contribution in [0.3, 0.4) is 0 Å². The van der Waals surface area contributed by atoms with Crippen molar-refractivity contribution in [1.29, 1.82) is 0 Å². The molecule has 0 aromatic rings. The van der Waals surface area contributed by atoms with Gasteiger partial charge in [-0.15, -0.1) is 0 Å².